The van der Waals surface area contributed by atoms with E-state index >= 15 is 0 Å². The maximum atomic E-state index is 12.2. The molecule has 2 N–H and O–H groups in total. The lowest BCUT2D eigenvalue weighted by atomic mass is 9.89. The molecule has 0 saturated carbocycles. The second kappa shape index (κ2) is 6.60. The molecule has 126 valence electrons. The minimum atomic E-state index is -0.360. The Morgan fingerprint density at radius 2 is 2.20 bits per heavy atom. The zero-order chi connectivity index (χ0) is 17.2. The fraction of sp³-hybridized carbons (Fsp3) is 0.238. The highest BCUT2D eigenvalue weighted by Gasteiger charge is 2.34. The number of methoxy groups -OCH3 is 1. The number of carbonyl (C=O) groups excluding carboxylic acids is 1. The van der Waals surface area contributed by atoms with Gasteiger partial charge in [-0.15, -0.1) is 5.73 Å². The molecule has 0 bridgehead atoms. The molecule has 1 aliphatic carbocycles. The van der Waals surface area contributed by atoms with Gasteiger partial charge in [0.1, 0.15) is 6.04 Å². The van der Waals surface area contributed by atoms with E-state index in [0.29, 0.717) is 6.42 Å². The van der Waals surface area contributed by atoms with Crippen molar-refractivity contribution in [3.63, 3.8) is 0 Å². The fourth-order valence-corrected chi connectivity index (χ4v) is 3.59. The quantitative estimate of drug-likeness (QED) is 0.654. The Morgan fingerprint density at radius 1 is 1.32 bits per heavy atom. The first kappa shape index (κ1) is 15.7. The van der Waals surface area contributed by atoms with Crippen molar-refractivity contribution in [2.75, 3.05) is 7.11 Å². The molecule has 4 heteroatoms. The van der Waals surface area contributed by atoms with E-state index in [2.05, 4.69) is 40.3 Å². The van der Waals surface area contributed by atoms with E-state index in [-0.39, 0.29) is 18.1 Å². The standard InChI is InChI=1S/C21H20N2O2/c1-25-21(24)18-13-16-15-11-7-8-12-17(15)22-20(16)19(23-18)14-9-5-3-2-4-6-10-14/h2,5-12,18-19,22-23H,3,13H2,1H3. The van der Waals surface area contributed by atoms with Gasteiger partial charge in [-0.05, 0) is 41.9 Å². The van der Waals surface area contributed by atoms with Crippen molar-refractivity contribution in [3.8, 4) is 0 Å². The summed E-state index contributed by atoms with van der Waals surface area (Å²) in [6.45, 7) is 0. The second-order valence-electron chi connectivity index (χ2n) is 6.28. The lowest BCUT2D eigenvalue weighted by Crippen LogP contribution is -2.45. The molecular weight excluding hydrogens is 312 g/mol. The number of aromatic nitrogens is 1. The minimum absolute atomic E-state index is 0.0901. The monoisotopic (exact) mass is 332 g/mol. The molecule has 2 aromatic rings. The van der Waals surface area contributed by atoms with E-state index in [1.54, 1.807) is 0 Å². The van der Waals surface area contributed by atoms with Crippen LogP contribution in [0.2, 0.25) is 0 Å². The highest BCUT2D eigenvalue weighted by Crippen LogP contribution is 2.36. The molecule has 0 fully saturated rings. The SMILES string of the molecule is COC(=O)C1Cc2c([nH]c3ccccc23)C(C2=CC=C=CCC=C2)N1. The van der Waals surface area contributed by atoms with Gasteiger partial charge >= 0.3 is 5.97 Å². The number of rotatable bonds is 2. The summed E-state index contributed by atoms with van der Waals surface area (Å²) in [5.41, 5.74) is 7.64. The van der Waals surface area contributed by atoms with E-state index in [1.165, 1.54) is 18.1 Å². The summed E-state index contributed by atoms with van der Waals surface area (Å²) in [7, 11) is 1.44. The van der Waals surface area contributed by atoms with Crippen molar-refractivity contribution in [3.05, 3.63) is 77.2 Å². The van der Waals surface area contributed by atoms with Crippen LogP contribution in [0.3, 0.4) is 0 Å². The Bertz CT molecular complexity index is 942. The average molecular weight is 332 g/mol. The van der Waals surface area contributed by atoms with Crippen LogP contribution in [-0.2, 0) is 16.0 Å². The van der Waals surface area contributed by atoms with Gasteiger partial charge in [0, 0.05) is 23.0 Å². The molecule has 0 spiro atoms. The van der Waals surface area contributed by atoms with E-state index in [1.807, 2.05) is 30.4 Å². The summed E-state index contributed by atoms with van der Waals surface area (Å²) in [6.07, 6.45) is 11.6. The third-order valence-electron chi connectivity index (χ3n) is 4.78. The number of fused-ring (bicyclic) bond motifs is 3. The molecule has 1 aromatic carbocycles. The molecule has 4 rings (SSSR count). The molecular formula is C21H20N2O2. The highest BCUT2D eigenvalue weighted by atomic mass is 16.5. The van der Waals surface area contributed by atoms with Crippen LogP contribution in [0.1, 0.15) is 23.7 Å². The van der Waals surface area contributed by atoms with Crippen LogP contribution in [0, 0.1) is 0 Å². The number of hydrogen-bond acceptors (Lipinski definition) is 3. The first-order valence-corrected chi connectivity index (χ1v) is 8.49. The molecule has 1 aromatic heterocycles. The van der Waals surface area contributed by atoms with Crippen molar-refractivity contribution in [2.24, 2.45) is 0 Å². The van der Waals surface area contributed by atoms with Gasteiger partial charge in [-0.1, -0.05) is 30.4 Å². The summed E-state index contributed by atoms with van der Waals surface area (Å²) < 4.78 is 5.00. The topological polar surface area (TPSA) is 54.1 Å². The molecule has 2 aliphatic rings. The normalized spacial score (nSPS) is 22.2. The lowest BCUT2D eigenvalue weighted by molar-refractivity contribution is -0.143. The number of hydrogen-bond donors (Lipinski definition) is 2. The Kier molecular flexibility index (Phi) is 4.14. The molecule has 25 heavy (non-hydrogen) atoms. The van der Waals surface area contributed by atoms with Crippen LogP contribution in [-0.4, -0.2) is 24.1 Å². The zero-order valence-corrected chi connectivity index (χ0v) is 14.1. The average Bonchev–Trinajstić information content (AvgIpc) is 2.99. The maximum Gasteiger partial charge on any atom is 0.323 e. The van der Waals surface area contributed by atoms with Gasteiger partial charge in [0.2, 0.25) is 0 Å². The molecule has 0 saturated heterocycles. The van der Waals surface area contributed by atoms with Gasteiger partial charge in [0.15, 0.2) is 0 Å². The molecule has 2 unspecified atom stereocenters. The predicted octanol–water partition coefficient (Wildman–Crippen LogP) is 3.49. The van der Waals surface area contributed by atoms with E-state index in [0.717, 1.165) is 23.2 Å². The Balaban J connectivity index is 1.86. The maximum absolute atomic E-state index is 12.2. The number of allylic oxidation sites excluding steroid dienone is 3. The van der Waals surface area contributed by atoms with Crippen LogP contribution in [0.4, 0.5) is 0 Å². The van der Waals surface area contributed by atoms with Crippen LogP contribution >= 0.6 is 0 Å². The smallest absolute Gasteiger partial charge is 0.323 e. The largest absolute Gasteiger partial charge is 0.468 e. The third-order valence-corrected chi connectivity index (χ3v) is 4.78. The summed E-state index contributed by atoms with van der Waals surface area (Å²) in [4.78, 5) is 15.8. The number of carbonyl (C=O) groups is 1. The van der Waals surface area contributed by atoms with Crippen molar-refractivity contribution in [1.29, 1.82) is 0 Å². The fourth-order valence-electron chi connectivity index (χ4n) is 3.59. The van der Waals surface area contributed by atoms with Gasteiger partial charge in [0.05, 0.1) is 13.2 Å². The molecule has 0 radical (unpaired) electrons. The zero-order valence-electron chi connectivity index (χ0n) is 14.1. The van der Waals surface area contributed by atoms with Crippen molar-refractivity contribution in [2.45, 2.75) is 24.9 Å². The van der Waals surface area contributed by atoms with Gasteiger partial charge in [-0.3, -0.25) is 10.1 Å². The summed E-state index contributed by atoms with van der Waals surface area (Å²) >= 11 is 0. The number of nitrogens with one attached hydrogen (secondary N) is 2. The number of ether oxygens (including phenoxy) is 1. The molecule has 4 nitrogen and oxygen atoms in total. The Labute approximate surface area is 146 Å². The molecule has 2 heterocycles. The number of esters is 1. The summed E-state index contributed by atoms with van der Waals surface area (Å²) in [6, 6.07) is 7.78. The summed E-state index contributed by atoms with van der Waals surface area (Å²) in [5.74, 6) is -0.230. The van der Waals surface area contributed by atoms with E-state index < -0.39 is 0 Å². The molecule has 2 atom stereocenters. The molecule has 0 amide bonds. The van der Waals surface area contributed by atoms with Crippen molar-refractivity contribution < 1.29 is 9.53 Å². The van der Waals surface area contributed by atoms with Gasteiger partial charge < -0.3 is 9.72 Å². The van der Waals surface area contributed by atoms with Crippen LogP contribution in [0.15, 0.2) is 65.9 Å². The summed E-state index contributed by atoms with van der Waals surface area (Å²) in [5, 5.41) is 4.63. The number of para-hydroxylation sites is 1. The number of aromatic amines is 1. The van der Waals surface area contributed by atoms with Gasteiger partial charge in [-0.25, -0.2) is 0 Å². The van der Waals surface area contributed by atoms with E-state index in [9.17, 15) is 4.79 Å². The van der Waals surface area contributed by atoms with Crippen LogP contribution in [0.5, 0.6) is 0 Å². The van der Waals surface area contributed by atoms with Gasteiger partial charge in [0.25, 0.3) is 0 Å². The van der Waals surface area contributed by atoms with Crippen LogP contribution in [0.25, 0.3) is 10.9 Å². The Morgan fingerprint density at radius 3 is 3.08 bits per heavy atom. The number of H-pyrrole nitrogens is 1. The van der Waals surface area contributed by atoms with Crippen molar-refractivity contribution >= 4 is 16.9 Å². The minimum Gasteiger partial charge on any atom is -0.468 e. The first-order valence-electron chi connectivity index (χ1n) is 8.49. The van der Waals surface area contributed by atoms with Crippen LogP contribution < -0.4 is 5.32 Å². The highest BCUT2D eigenvalue weighted by molar-refractivity contribution is 5.87. The van der Waals surface area contributed by atoms with Crippen molar-refractivity contribution in [1.82, 2.24) is 10.3 Å². The second-order valence-corrected chi connectivity index (χ2v) is 6.28. The number of benzene rings is 1. The van der Waals surface area contributed by atoms with E-state index in [4.69, 9.17) is 4.74 Å². The third kappa shape index (κ3) is 2.86. The lowest BCUT2D eigenvalue weighted by Gasteiger charge is -2.30. The van der Waals surface area contributed by atoms with Gasteiger partial charge in [-0.2, -0.15) is 0 Å². The first-order chi connectivity index (χ1) is 12.3. The predicted molar refractivity (Wildman–Crippen MR) is 98.2 cm³/mol. The molecule has 1 aliphatic heterocycles. The Hall–Kier alpha value is -2.81.